The first-order valence-corrected chi connectivity index (χ1v) is 12.3. The smallest absolute Gasteiger partial charge is 0.326 e. The van der Waals surface area contributed by atoms with Gasteiger partial charge < -0.3 is 37.6 Å². The number of nitrogens with two attached hydrogens (primary N) is 2. The average molecular weight is 508 g/mol. The summed E-state index contributed by atoms with van der Waals surface area (Å²) in [6.07, 6.45) is 0.538. The van der Waals surface area contributed by atoms with Crippen molar-refractivity contribution in [2.45, 2.75) is 83.1 Å². The van der Waals surface area contributed by atoms with Crippen molar-refractivity contribution in [3.63, 3.8) is 0 Å². The lowest BCUT2D eigenvalue weighted by molar-refractivity contribution is -0.143. The van der Waals surface area contributed by atoms with Gasteiger partial charge in [-0.15, -0.1) is 0 Å². The highest BCUT2D eigenvalue weighted by molar-refractivity contribution is 5.94. The Balaban J connectivity index is 2.95. The van der Waals surface area contributed by atoms with E-state index in [2.05, 4.69) is 16.0 Å². The van der Waals surface area contributed by atoms with E-state index in [0.717, 1.165) is 0 Å². The van der Waals surface area contributed by atoms with Crippen molar-refractivity contribution in [1.29, 1.82) is 0 Å². The van der Waals surface area contributed by atoms with Crippen LogP contribution in [0.2, 0.25) is 0 Å². The summed E-state index contributed by atoms with van der Waals surface area (Å²) in [4.78, 5) is 50.2. The van der Waals surface area contributed by atoms with E-state index in [1.54, 1.807) is 30.3 Å². The van der Waals surface area contributed by atoms with Crippen molar-refractivity contribution in [3.8, 4) is 0 Å². The Labute approximate surface area is 212 Å². The molecule has 0 radical (unpaired) electrons. The highest BCUT2D eigenvalue weighted by Crippen LogP contribution is 2.08. The Kier molecular flexibility index (Phi) is 13.7. The van der Waals surface area contributed by atoms with Crippen molar-refractivity contribution in [3.05, 3.63) is 35.9 Å². The van der Waals surface area contributed by atoms with E-state index in [-0.39, 0.29) is 18.8 Å². The third kappa shape index (κ3) is 11.1. The molecule has 0 saturated heterocycles. The summed E-state index contributed by atoms with van der Waals surface area (Å²) in [6, 6.07) is 4.23. The van der Waals surface area contributed by atoms with E-state index in [9.17, 15) is 29.4 Å². The van der Waals surface area contributed by atoms with Gasteiger partial charge in [0, 0.05) is 6.42 Å². The summed E-state index contributed by atoms with van der Waals surface area (Å²) < 4.78 is 0. The number of aliphatic hydroxyl groups is 1. The van der Waals surface area contributed by atoms with Crippen LogP contribution in [-0.4, -0.2) is 70.7 Å². The molecular formula is C25H41N5O6. The summed E-state index contributed by atoms with van der Waals surface area (Å²) in [5.41, 5.74) is 12.2. The van der Waals surface area contributed by atoms with Gasteiger partial charge >= 0.3 is 5.97 Å². The first-order chi connectivity index (χ1) is 17.0. The van der Waals surface area contributed by atoms with E-state index in [4.69, 9.17) is 11.5 Å². The Morgan fingerprint density at radius 3 is 2.03 bits per heavy atom. The van der Waals surface area contributed by atoms with E-state index < -0.39 is 54.0 Å². The molecule has 1 aromatic carbocycles. The summed E-state index contributed by atoms with van der Waals surface area (Å²) in [7, 11) is 0. The molecular weight excluding hydrogens is 466 g/mol. The van der Waals surface area contributed by atoms with Gasteiger partial charge in [-0.3, -0.25) is 14.4 Å². The summed E-state index contributed by atoms with van der Waals surface area (Å²) in [5.74, 6) is -3.12. The number of hydrogen-bond donors (Lipinski definition) is 7. The van der Waals surface area contributed by atoms with Crippen molar-refractivity contribution >= 4 is 23.7 Å². The van der Waals surface area contributed by atoms with Crippen LogP contribution in [0.1, 0.15) is 52.0 Å². The zero-order valence-electron chi connectivity index (χ0n) is 21.3. The van der Waals surface area contributed by atoms with Crippen LogP contribution in [-0.2, 0) is 25.6 Å². The topological polar surface area (TPSA) is 197 Å². The zero-order chi connectivity index (χ0) is 27.3. The molecule has 5 unspecified atom stereocenters. The Morgan fingerprint density at radius 2 is 1.50 bits per heavy atom. The number of unbranched alkanes of at least 4 members (excludes halogenated alkanes) is 1. The van der Waals surface area contributed by atoms with Crippen LogP contribution in [0, 0.1) is 5.92 Å². The van der Waals surface area contributed by atoms with Crippen molar-refractivity contribution in [2.24, 2.45) is 17.4 Å². The molecule has 3 amide bonds. The molecule has 0 aliphatic rings. The van der Waals surface area contributed by atoms with E-state index >= 15 is 0 Å². The molecule has 0 heterocycles. The van der Waals surface area contributed by atoms with Crippen LogP contribution < -0.4 is 27.4 Å². The molecule has 0 bridgehead atoms. The molecule has 0 fully saturated rings. The van der Waals surface area contributed by atoms with Crippen LogP contribution in [0.5, 0.6) is 0 Å². The Morgan fingerprint density at radius 1 is 0.889 bits per heavy atom. The summed E-state index contributed by atoms with van der Waals surface area (Å²) >= 11 is 0. The predicted molar refractivity (Wildman–Crippen MR) is 136 cm³/mol. The van der Waals surface area contributed by atoms with Gasteiger partial charge in [0.05, 0.1) is 12.1 Å². The highest BCUT2D eigenvalue weighted by Gasteiger charge is 2.32. The molecule has 36 heavy (non-hydrogen) atoms. The molecule has 0 aromatic heterocycles. The van der Waals surface area contributed by atoms with Crippen LogP contribution in [0.25, 0.3) is 0 Å². The molecule has 11 nitrogen and oxygen atoms in total. The average Bonchev–Trinajstić information content (AvgIpc) is 2.81. The van der Waals surface area contributed by atoms with Crippen molar-refractivity contribution in [1.82, 2.24) is 16.0 Å². The van der Waals surface area contributed by atoms with Crippen LogP contribution >= 0.6 is 0 Å². The number of carbonyl (C=O) groups excluding carboxylic acids is 3. The van der Waals surface area contributed by atoms with Gasteiger partial charge in [-0.05, 0) is 50.6 Å². The van der Waals surface area contributed by atoms with E-state index in [1.807, 2.05) is 13.8 Å². The molecule has 0 aliphatic carbocycles. The normalized spacial score (nSPS) is 15.3. The maximum atomic E-state index is 13.0. The maximum Gasteiger partial charge on any atom is 0.326 e. The van der Waals surface area contributed by atoms with Gasteiger partial charge in [-0.2, -0.15) is 0 Å². The number of benzene rings is 1. The Bertz CT molecular complexity index is 849. The van der Waals surface area contributed by atoms with Gasteiger partial charge in [0.25, 0.3) is 0 Å². The predicted octanol–water partition coefficient (Wildman–Crippen LogP) is -0.349. The standard InChI is InChI=1S/C25H41N5O6/c1-15(2)13-18(27)22(32)28-19(11-7-8-12-26)23(33)30-21(16(3)31)24(34)29-20(25(35)36)14-17-9-5-4-6-10-17/h4-6,9-10,15-16,18-21,31H,7-8,11-14,26-27H2,1-3H3,(H,28,32)(H,29,34)(H,30,33)(H,35,36). The Hall–Kier alpha value is -3.02. The fourth-order valence-electron chi connectivity index (χ4n) is 3.63. The number of carbonyl (C=O) groups is 4. The fourth-order valence-corrected chi connectivity index (χ4v) is 3.63. The molecule has 11 heteroatoms. The number of amides is 3. The third-order valence-corrected chi connectivity index (χ3v) is 5.60. The number of rotatable bonds is 16. The second-order valence-electron chi connectivity index (χ2n) is 9.40. The van der Waals surface area contributed by atoms with Gasteiger partial charge in [0.2, 0.25) is 17.7 Å². The molecule has 9 N–H and O–H groups in total. The SMILES string of the molecule is CC(C)CC(N)C(=O)NC(CCCCN)C(=O)NC(C(=O)NC(Cc1ccccc1)C(=O)O)C(C)O. The third-order valence-electron chi connectivity index (χ3n) is 5.60. The van der Waals surface area contributed by atoms with Crippen molar-refractivity contribution in [2.75, 3.05) is 6.54 Å². The van der Waals surface area contributed by atoms with E-state index in [1.165, 1.54) is 6.92 Å². The minimum atomic E-state index is -1.44. The quantitative estimate of drug-likeness (QED) is 0.147. The number of carboxylic acids is 1. The lowest BCUT2D eigenvalue weighted by Crippen LogP contribution is -2.60. The van der Waals surface area contributed by atoms with Gasteiger partial charge in [-0.25, -0.2) is 4.79 Å². The molecule has 5 atom stereocenters. The van der Waals surface area contributed by atoms with Gasteiger partial charge in [0.1, 0.15) is 18.1 Å². The lowest BCUT2D eigenvalue weighted by Gasteiger charge is -2.27. The highest BCUT2D eigenvalue weighted by atomic mass is 16.4. The van der Waals surface area contributed by atoms with Crippen LogP contribution in [0.4, 0.5) is 0 Å². The largest absolute Gasteiger partial charge is 0.480 e. The molecule has 0 aliphatic heterocycles. The first kappa shape index (κ1) is 31.0. The summed E-state index contributed by atoms with van der Waals surface area (Å²) in [5, 5.41) is 27.2. The molecule has 1 rings (SSSR count). The van der Waals surface area contributed by atoms with Crippen molar-refractivity contribution < 1.29 is 29.4 Å². The zero-order valence-corrected chi connectivity index (χ0v) is 21.3. The fraction of sp³-hybridized carbons (Fsp3) is 0.600. The second kappa shape index (κ2) is 15.9. The monoisotopic (exact) mass is 507 g/mol. The maximum absolute atomic E-state index is 13.0. The molecule has 202 valence electrons. The van der Waals surface area contributed by atoms with Crippen LogP contribution in [0.3, 0.4) is 0 Å². The molecule has 0 saturated carbocycles. The van der Waals surface area contributed by atoms with Crippen LogP contribution in [0.15, 0.2) is 30.3 Å². The minimum absolute atomic E-state index is 0.0217. The van der Waals surface area contributed by atoms with Gasteiger partial charge in [-0.1, -0.05) is 44.2 Å². The minimum Gasteiger partial charge on any atom is -0.480 e. The molecule has 1 aromatic rings. The first-order valence-electron chi connectivity index (χ1n) is 12.3. The number of hydrogen-bond acceptors (Lipinski definition) is 7. The lowest BCUT2D eigenvalue weighted by atomic mass is 10.0. The number of carboxylic acid groups (broad SMARTS) is 1. The number of aliphatic hydroxyl groups excluding tert-OH is 1. The van der Waals surface area contributed by atoms with E-state index in [0.29, 0.717) is 31.4 Å². The van der Waals surface area contributed by atoms with Gasteiger partial charge in [0.15, 0.2) is 0 Å². The number of aliphatic carboxylic acids is 1. The second-order valence-corrected chi connectivity index (χ2v) is 9.40. The summed E-state index contributed by atoms with van der Waals surface area (Å²) in [6.45, 7) is 5.56. The molecule has 0 spiro atoms. The number of nitrogens with one attached hydrogen (secondary N) is 3.